The van der Waals surface area contributed by atoms with Crippen molar-refractivity contribution in [2.24, 2.45) is 7.05 Å². The van der Waals surface area contributed by atoms with Crippen molar-refractivity contribution >= 4 is 0 Å². The highest BCUT2D eigenvalue weighted by molar-refractivity contribution is 5.66. The fourth-order valence-corrected chi connectivity index (χ4v) is 3.90. The van der Waals surface area contributed by atoms with Crippen molar-refractivity contribution in [3.63, 3.8) is 0 Å². The Morgan fingerprint density at radius 3 is 2.46 bits per heavy atom. The number of rotatable bonds is 13. The molecule has 0 saturated carbocycles. The number of aryl methyl sites for hydroxylation is 1. The van der Waals surface area contributed by atoms with Gasteiger partial charge in [0.05, 0.1) is 25.4 Å². The van der Waals surface area contributed by atoms with Gasteiger partial charge in [0, 0.05) is 31.7 Å². The molecule has 3 rings (SSSR count). The minimum absolute atomic E-state index is 0.179. The van der Waals surface area contributed by atoms with E-state index >= 15 is 0 Å². The Balaban J connectivity index is 2.00. The number of nitrogens with zero attached hydrogens (tertiary/aromatic N) is 3. The van der Waals surface area contributed by atoms with Crippen LogP contribution in [-0.2, 0) is 18.3 Å². The molecule has 3 aromatic rings. The van der Waals surface area contributed by atoms with Crippen LogP contribution >= 0.6 is 0 Å². The molecule has 0 amide bonds. The molecule has 35 heavy (non-hydrogen) atoms. The summed E-state index contributed by atoms with van der Waals surface area (Å²) in [4.78, 5) is 2.22. The van der Waals surface area contributed by atoms with Crippen molar-refractivity contribution in [1.29, 1.82) is 0 Å². The van der Waals surface area contributed by atoms with Gasteiger partial charge in [0.1, 0.15) is 12.3 Å². The standard InChI is InChI=1S/C28H35N3O4/c1-6-17-34-20-23(32)18-31(21(3)7-2)19-24-27(22-13-9-8-10-14-22)29-30(4)28(24)35-26-16-12-11-15-25(26)33-5/h1,8-16,21,23,32H,7,17-20H2,2-5H3/t21-,23+/m0/s1. The fraction of sp³-hybridized carbons (Fsp3) is 0.393. The zero-order valence-corrected chi connectivity index (χ0v) is 21.0. The van der Waals surface area contributed by atoms with Crippen LogP contribution in [-0.4, -0.2) is 58.8 Å². The maximum atomic E-state index is 10.6. The first-order valence-corrected chi connectivity index (χ1v) is 11.8. The number of hydrogen-bond acceptors (Lipinski definition) is 6. The number of ether oxygens (including phenoxy) is 3. The minimum atomic E-state index is -0.673. The highest BCUT2D eigenvalue weighted by Gasteiger charge is 2.26. The molecule has 0 unspecified atom stereocenters. The summed E-state index contributed by atoms with van der Waals surface area (Å²) < 4.78 is 19.0. The summed E-state index contributed by atoms with van der Waals surface area (Å²) >= 11 is 0. The van der Waals surface area contributed by atoms with E-state index in [-0.39, 0.29) is 19.3 Å². The Kier molecular flexibility index (Phi) is 9.74. The number of methoxy groups -OCH3 is 1. The average Bonchev–Trinajstić information content (AvgIpc) is 3.18. The Morgan fingerprint density at radius 1 is 1.11 bits per heavy atom. The lowest BCUT2D eigenvalue weighted by molar-refractivity contribution is 0.0169. The predicted molar refractivity (Wildman–Crippen MR) is 138 cm³/mol. The van der Waals surface area contributed by atoms with Gasteiger partial charge >= 0.3 is 0 Å². The van der Waals surface area contributed by atoms with E-state index in [1.165, 1.54) is 0 Å². The van der Waals surface area contributed by atoms with Crippen molar-refractivity contribution in [2.75, 3.05) is 26.9 Å². The molecule has 0 aliphatic carbocycles. The molecule has 2 aromatic carbocycles. The highest BCUT2D eigenvalue weighted by atomic mass is 16.5. The second-order valence-corrected chi connectivity index (χ2v) is 8.43. The van der Waals surface area contributed by atoms with Crippen LogP contribution in [0.25, 0.3) is 11.3 Å². The van der Waals surface area contributed by atoms with Crippen molar-refractivity contribution in [3.05, 3.63) is 60.2 Å². The van der Waals surface area contributed by atoms with Gasteiger partial charge in [-0.05, 0) is 25.5 Å². The van der Waals surface area contributed by atoms with Crippen LogP contribution in [0.15, 0.2) is 54.6 Å². The molecule has 0 saturated heterocycles. The second-order valence-electron chi connectivity index (χ2n) is 8.43. The third-order valence-electron chi connectivity index (χ3n) is 5.93. The quantitative estimate of drug-likeness (QED) is 0.289. The summed E-state index contributed by atoms with van der Waals surface area (Å²) in [5.41, 5.74) is 2.76. The van der Waals surface area contributed by atoms with Crippen molar-refractivity contribution < 1.29 is 19.3 Å². The van der Waals surface area contributed by atoms with Gasteiger partial charge in [0.2, 0.25) is 5.88 Å². The van der Waals surface area contributed by atoms with Crippen molar-refractivity contribution in [2.45, 2.75) is 39.0 Å². The smallest absolute Gasteiger partial charge is 0.222 e. The zero-order chi connectivity index (χ0) is 25.2. The molecule has 0 radical (unpaired) electrons. The van der Waals surface area contributed by atoms with E-state index in [2.05, 4.69) is 24.7 Å². The summed E-state index contributed by atoms with van der Waals surface area (Å²) in [6.45, 7) is 5.60. The summed E-state index contributed by atoms with van der Waals surface area (Å²) in [5.74, 6) is 4.31. The normalized spacial score (nSPS) is 12.8. The monoisotopic (exact) mass is 477 g/mol. The van der Waals surface area contributed by atoms with Gasteiger partial charge in [0.15, 0.2) is 11.5 Å². The summed E-state index contributed by atoms with van der Waals surface area (Å²) in [6, 6.07) is 17.8. The molecular weight excluding hydrogens is 442 g/mol. The maximum Gasteiger partial charge on any atom is 0.222 e. The van der Waals surface area contributed by atoms with Crippen LogP contribution in [0.5, 0.6) is 17.4 Å². The molecule has 1 N–H and O–H groups in total. The molecule has 0 aliphatic heterocycles. The molecule has 1 heterocycles. The number of aromatic nitrogens is 2. The molecule has 7 heteroatoms. The van der Waals surface area contributed by atoms with Crippen LogP contribution in [0.4, 0.5) is 0 Å². The van der Waals surface area contributed by atoms with E-state index in [0.29, 0.717) is 30.5 Å². The van der Waals surface area contributed by atoms with Crippen LogP contribution in [0.2, 0.25) is 0 Å². The molecule has 0 bridgehead atoms. The van der Waals surface area contributed by atoms with E-state index in [1.807, 2.05) is 61.6 Å². The highest BCUT2D eigenvalue weighted by Crippen LogP contribution is 2.37. The first-order valence-electron chi connectivity index (χ1n) is 11.8. The fourth-order valence-electron chi connectivity index (χ4n) is 3.90. The molecule has 1 aromatic heterocycles. The van der Waals surface area contributed by atoms with E-state index in [4.69, 9.17) is 25.7 Å². The van der Waals surface area contributed by atoms with Gasteiger partial charge in [-0.25, -0.2) is 4.68 Å². The third kappa shape index (κ3) is 6.86. The molecule has 186 valence electrons. The lowest BCUT2D eigenvalue weighted by Crippen LogP contribution is -2.40. The largest absolute Gasteiger partial charge is 0.493 e. The lowest BCUT2D eigenvalue weighted by atomic mass is 10.1. The van der Waals surface area contributed by atoms with Gasteiger partial charge in [-0.1, -0.05) is 55.3 Å². The first-order chi connectivity index (χ1) is 17.0. The van der Waals surface area contributed by atoms with Crippen LogP contribution in [0.3, 0.4) is 0 Å². The van der Waals surface area contributed by atoms with Gasteiger partial charge in [0.25, 0.3) is 0 Å². The van der Waals surface area contributed by atoms with Crippen LogP contribution in [0, 0.1) is 12.3 Å². The zero-order valence-electron chi connectivity index (χ0n) is 21.0. The third-order valence-corrected chi connectivity index (χ3v) is 5.93. The van der Waals surface area contributed by atoms with Gasteiger partial charge in [-0.3, -0.25) is 4.90 Å². The summed E-state index contributed by atoms with van der Waals surface area (Å²) in [6.07, 6.45) is 5.51. The van der Waals surface area contributed by atoms with E-state index in [1.54, 1.807) is 11.8 Å². The molecule has 0 aliphatic rings. The SMILES string of the molecule is C#CCOC[C@H](O)CN(Cc1c(-c2ccccc2)nn(C)c1Oc1ccccc1OC)[C@@H](C)CC. The van der Waals surface area contributed by atoms with Gasteiger partial charge in [-0.2, -0.15) is 5.10 Å². The van der Waals surface area contributed by atoms with Crippen molar-refractivity contribution in [3.8, 4) is 41.0 Å². The Morgan fingerprint density at radius 2 is 1.80 bits per heavy atom. The summed E-state index contributed by atoms with van der Waals surface area (Å²) in [5, 5.41) is 15.5. The maximum absolute atomic E-state index is 10.6. The number of benzene rings is 2. The minimum Gasteiger partial charge on any atom is -0.493 e. The first kappa shape index (κ1) is 26.3. The molecule has 0 fully saturated rings. The van der Waals surface area contributed by atoms with Crippen LogP contribution < -0.4 is 9.47 Å². The number of hydrogen-bond donors (Lipinski definition) is 1. The van der Waals surface area contributed by atoms with E-state index < -0.39 is 6.10 Å². The number of aliphatic hydroxyl groups excluding tert-OH is 1. The summed E-state index contributed by atoms with van der Waals surface area (Å²) in [7, 11) is 3.49. The Bertz CT molecular complexity index is 1110. The van der Waals surface area contributed by atoms with E-state index in [0.717, 1.165) is 23.2 Å². The molecule has 0 spiro atoms. The Labute approximate surface area is 208 Å². The lowest BCUT2D eigenvalue weighted by Gasteiger charge is -2.30. The number of para-hydroxylation sites is 2. The predicted octanol–water partition coefficient (Wildman–Crippen LogP) is 4.50. The second kappa shape index (κ2) is 13.0. The molecular formula is C28H35N3O4. The topological polar surface area (TPSA) is 69.0 Å². The Hall–Kier alpha value is -3.31. The molecule has 2 atom stereocenters. The van der Waals surface area contributed by atoms with E-state index in [9.17, 15) is 5.11 Å². The number of terminal acetylenes is 1. The average molecular weight is 478 g/mol. The van der Waals surface area contributed by atoms with Gasteiger partial charge < -0.3 is 19.3 Å². The van der Waals surface area contributed by atoms with Crippen LogP contribution in [0.1, 0.15) is 25.8 Å². The number of aliphatic hydroxyl groups is 1. The van der Waals surface area contributed by atoms with Crippen molar-refractivity contribution in [1.82, 2.24) is 14.7 Å². The molecule has 7 nitrogen and oxygen atoms in total. The van der Waals surface area contributed by atoms with Gasteiger partial charge in [-0.15, -0.1) is 6.42 Å².